The molecule has 1 aromatic heterocycles. The zero-order valence-electron chi connectivity index (χ0n) is 9.54. The van der Waals surface area contributed by atoms with E-state index in [0.717, 1.165) is 32.0 Å². The lowest BCUT2D eigenvalue weighted by Gasteiger charge is -2.09. The Kier molecular flexibility index (Phi) is 6.12. The van der Waals surface area contributed by atoms with Crippen LogP contribution in [0.25, 0.3) is 0 Å². The van der Waals surface area contributed by atoms with Crippen LogP contribution in [0.5, 0.6) is 0 Å². The summed E-state index contributed by atoms with van der Waals surface area (Å²) in [5.74, 6) is 0.755. The molecule has 0 aliphatic heterocycles. The topological polar surface area (TPSA) is 51.2 Å². The van der Waals surface area contributed by atoms with Crippen LogP contribution in [-0.4, -0.2) is 13.1 Å². The summed E-state index contributed by atoms with van der Waals surface area (Å²) in [6.07, 6.45) is 7.11. The van der Waals surface area contributed by atoms with Gasteiger partial charge in [0.2, 0.25) is 0 Å². The average Bonchev–Trinajstić information content (AvgIpc) is 2.70. The normalized spacial score (nSPS) is 12.9. The lowest BCUT2D eigenvalue weighted by molar-refractivity contribution is 0.468. The SMILES string of the molecule is CC(CCN)CCCNCc1ccoc1. The van der Waals surface area contributed by atoms with E-state index in [1.54, 1.807) is 12.5 Å². The summed E-state index contributed by atoms with van der Waals surface area (Å²) in [6.45, 7) is 5.05. The van der Waals surface area contributed by atoms with Crippen molar-refractivity contribution in [3.63, 3.8) is 0 Å². The second-order valence-electron chi connectivity index (χ2n) is 4.13. The molecule has 0 spiro atoms. The highest BCUT2D eigenvalue weighted by Crippen LogP contribution is 2.08. The first kappa shape index (κ1) is 12.3. The average molecular weight is 210 g/mol. The highest BCUT2D eigenvalue weighted by molar-refractivity contribution is 5.04. The molecule has 0 fully saturated rings. The number of hydrogen-bond acceptors (Lipinski definition) is 3. The van der Waals surface area contributed by atoms with Crippen molar-refractivity contribution in [1.29, 1.82) is 0 Å². The van der Waals surface area contributed by atoms with Gasteiger partial charge < -0.3 is 15.5 Å². The fourth-order valence-electron chi connectivity index (χ4n) is 1.63. The highest BCUT2D eigenvalue weighted by atomic mass is 16.3. The molecule has 1 rings (SSSR count). The zero-order chi connectivity index (χ0) is 10.9. The first-order valence-corrected chi connectivity index (χ1v) is 5.74. The van der Waals surface area contributed by atoms with Crippen molar-refractivity contribution in [2.24, 2.45) is 11.7 Å². The van der Waals surface area contributed by atoms with Gasteiger partial charge >= 0.3 is 0 Å². The molecule has 3 heteroatoms. The molecule has 1 atom stereocenters. The summed E-state index contributed by atoms with van der Waals surface area (Å²) in [4.78, 5) is 0. The zero-order valence-corrected chi connectivity index (χ0v) is 9.54. The standard InChI is InChI=1S/C12H22N2O/c1-11(4-6-13)3-2-7-14-9-12-5-8-15-10-12/h5,8,10-11,14H,2-4,6-7,9,13H2,1H3. The molecule has 0 aliphatic carbocycles. The summed E-state index contributed by atoms with van der Waals surface area (Å²) in [6, 6.07) is 1.99. The van der Waals surface area contributed by atoms with Gasteiger partial charge in [-0.15, -0.1) is 0 Å². The minimum Gasteiger partial charge on any atom is -0.472 e. The van der Waals surface area contributed by atoms with Crippen molar-refractivity contribution < 1.29 is 4.42 Å². The van der Waals surface area contributed by atoms with E-state index in [-0.39, 0.29) is 0 Å². The van der Waals surface area contributed by atoms with Gasteiger partial charge in [0.15, 0.2) is 0 Å². The number of rotatable bonds is 8. The molecule has 3 nitrogen and oxygen atoms in total. The number of nitrogens with two attached hydrogens (primary N) is 1. The Morgan fingerprint density at radius 3 is 3.00 bits per heavy atom. The van der Waals surface area contributed by atoms with Crippen molar-refractivity contribution in [2.45, 2.75) is 32.7 Å². The molecule has 0 saturated carbocycles. The second-order valence-corrected chi connectivity index (χ2v) is 4.13. The van der Waals surface area contributed by atoms with Crippen LogP contribution in [0, 0.1) is 5.92 Å². The lowest BCUT2D eigenvalue weighted by Crippen LogP contribution is -2.15. The van der Waals surface area contributed by atoms with E-state index >= 15 is 0 Å². The fraction of sp³-hybridized carbons (Fsp3) is 0.667. The maximum absolute atomic E-state index is 5.50. The number of nitrogens with one attached hydrogen (secondary N) is 1. The molecule has 0 amide bonds. The smallest absolute Gasteiger partial charge is 0.0947 e. The summed E-state index contributed by atoms with van der Waals surface area (Å²) >= 11 is 0. The van der Waals surface area contributed by atoms with Gasteiger partial charge in [-0.2, -0.15) is 0 Å². The largest absolute Gasteiger partial charge is 0.472 e. The van der Waals surface area contributed by atoms with Crippen LogP contribution in [-0.2, 0) is 6.54 Å². The Morgan fingerprint density at radius 1 is 1.47 bits per heavy atom. The van der Waals surface area contributed by atoms with Crippen LogP contribution in [0.2, 0.25) is 0 Å². The maximum Gasteiger partial charge on any atom is 0.0947 e. The first-order chi connectivity index (χ1) is 7.33. The van der Waals surface area contributed by atoms with E-state index in [4.69, 9.17) is 10.2 Å². The Labute approximate surface area is 92.0 Å². The molecular weight excluding hydrogens is 188 g/mol. The van der Waals surface area contributed by atoms with Crippen molar-refractivity contribution in [3.05, 3.63) is 24.2 Å². The molecular formula is C12H22N2O. The van der Waals surface area contributed by atoms with Gasteiger partial charge in [-0.1, -0.05) is 6.92 Å². The first-order valence-electron chi connectivity index (χ1n) is 5.74. The van der Waals surface area contributed by atoms with Crippen molar-refractivity contribution >= 4 is 0 Å². The molecule has 3 N–H and O–H groups in total. The van der Waals surface area contributed by atoms with Gasteiger partial charge in [0, 0.05) is 12.1 Å². The van der Waals surface area contributed by atoms with Gasteiger partial charge in [-0.05, 0) is 44.3 Å². The van der Waals surface area contributed by atoms with Gasteiger partial charge in [0.05, 0.1) is 12.5 Å². The fourth-order valence-corrected chi connectivity index (χ4v) is 1.63. The van der Waals surface area contributed by atoms with Crippen LogP contribution >= 0.6 is 0 Å². The van der Waals surface area contributed by atoms with E-state index < -0.39 is 0 Å². The van der Waals surface area contributed by atoms with Crippen LogP contribution in [0.3, 0.4) is 0 Å². The molecule has 86 valence electrons. The molecule has 1 aromatic rings. The number of hydrogen-bond donors (Lipinski definition) is 2. The monoisotopic (exact) mass is 210 g/mol. The minimum absolute atomic E-state index is 0.755. The predicted molar refractivity (Wildman–Crippen MR) is 62.5 cm³/mol. The maximum atomic E-state index is 5.50. The van der Waals surface area contributed by atoms with Crippen molar-refractivity contribution in [1.82, 2.24) is 5.32 Å². The Hall–Kier alpha value is -0.800. The lowest BCUT2D eigenvalue weighted by atomic mass is 10.0. The Bertz CT molecular complexity index is 234. The summed E-state index contributed by atoms with van der Waals surface area (Å²) < 4.78 is 4.99. The van der Waals surface area contributed by atoms with E-state index in [1.165, 1.54) is 18.4 Å². The molecule has 0 bridgehead atoms. The van der Waals surface area contributed by atoms with Crippen LogP contribution in [0.15, 0.2) is 23.0 Å². The van der Waals surface area contributed by atoms with E-state index in [2.05, 4.69) is 12.2 Å². The van der Waals surface area contributed by atoms with Crippen LogP contribution in [0.1, 0.15) is 31.7 Å². The Morgan fingerprint density at radius 2 is 2.33 bits per heavy atom. The summed E-state index contributed by atoms with van der Waals surface area (Å²) in [5.41, 5.74) is 6.71. The van der Waals surface area contributed by atoms with Gasteiger partial charge in [0.25, 0.3) is 0 Å². The quantitative estimate of drug-likeness (QED) is 0.646. The third-order valence-electron chi connectivity index (χ3n) is 2.62. The highest BCUT2D eigenvalue weighted by Gasteiger charge is 2.00. The van der Waals surface area contributed by atoms with Crippen molar-refractivity contribution in [3.8, 4) is 0 Å². The van der Waals surface area contributed by atoms with Gasteiger partial charge in [0.1, 0.15) is 0 Å². The third-order valence-corrected chi connectivity index (χ3v) is 2.62. The van der Waals surface area contributed by atoms with Crippen LogP contribution in [0.4, 0.5) is 0 Å². The second kappa shape index (κ2) is 7.49. The Balaban J connectivity index is 1.93. The van der Waals surface area contributed by atoms with Gasteiger partial charge in [-0.25, -0.2) is 0 Å². The molecule has 15 heavy (non-hydrogen) atoms. The number of furan rings is 1. The van der Waals surface area contributed by atoms with Crippen molar-refractivity contribution in [2.75, 3.05) is 13.1 Å². The molecule has 1 unspecified atom stereocenters. The molecule has 0 saturated heterocycles. The van der Waals surface area contributed by atoms with E-state index in [0.29, 0.717) is 0 Å². The summed E-state index contributed by atoms with van der Waals surface area (Å²) in [5, 5.41) is 3.39. The third kappa shape index (κ3) is 5.60. The molecule has 0 aromatic carbocycles. The molecule has 0 radical (unpaired) electrons. The minimum atomic E-state index is 0.755. The van der Waals surface area contributed by atoms with E-state index in [1.807, 2.05) is 6.07 Å². The van der Waals surface area contributed by atoms with E-state index in [9.17, 15) is 0 Å². The summed E-state index contributed by atoms with van der Waals surface area (Å²) in [7, 11) is 0. The van der Waals surface area contributed by atoms with Crippen LogP contribution < -0.4 is 11.1 Å². The molecule has 1 heterocycles. The predicted octanol–water partition coefficient (Wildman–Crippen LogP) is 2.13. The van der Waals surface area contributed by atoms with Gasteiger partial charge in [-0.3, -0.25) is 0 Å². The molecule has 0 aliphatic rings.